The average molecular weight is 353 g/mol. The SMILES string of the molecule is Cc1ccc(C(CN)N2CCC(C(C)(C)C)CC2)c(Br)c1. The third-order valence-corrected chi connectivity index (χ3v) is 5.62. The van der Waals surface area contributed by atoms with Gasteiger partial charge in [-0.15, -0.1) is 0 Å². The molecule has 0 saturated carbocycles. The van der Waals surface area contributed by atoms with Crippen LogP contribution in [0.3, 0.4) is 0 Å². The Labute approximate surface area is 138 Å². The number of nitrogens with two attached hydrogens (primary N) is 1. The molecule has 0 spiro atoms. The Morgan fingerprint density at radius 2 is 1.90 bits per heavy atom. The van der Waals surface area contributed by atoms with Gasteiger partial charge in [-0.25, -0.2) is 0 Å². The van der Waals surface area contributed by atoms with E-state index in [-0.39, 0.29) is 0 Å². The third-order valence-electron chi connectivity index (χ3n) is 4.93. The number of nitrogens with zero attached hydrogens (tertiary/aromatic N) is 1. The number of benzene rings is 1. The molecule has 1 saturated heterocycles. The second-order valence-electron chi connectivity index (χ2n) is 7.45. The number of halogens is 1. The van der Waals surface area contributed by atoms with E-state index < -0.39 is 0 Å². The molecule has 0 radical (unpaired) electrons. The van der Waals surface area contributed by atoms with Gasteiger partial charge in [0.2, 0.25) is 0 Å². The molecule has 2 rings (SSSR count). The zero-order valence-electron chi connectivity index (χ0n) is 13.8. The van der Waals surface area contributed by atoms with Gasteiger partial charge >= 0.3 is 0 Å². The lowest BCUT2D eigenvalue weighted by molar-refractivity contribution is 0.0844. The fourth-order valence-electron chi connectivity index (χ4n) is 3.45. The van der Waals surface area contributed by atoms with E-state index in [1.54, 1.807) is 0 Å². The van der Waals surface area contributed by atoms with Crippen LogP contribution in [-0.2, 0) is 0 Å². The Balaban J connectivity index is 2.09. The van der Waals surface area contributed by atoms with Crippen molar-refractivity contribution < 1.29 is 0 Å². The van der Waals surface area contributed by atoms with Crippen LogP contribution in [0.15, 0.2) is 22.7 Å². The quantitative estimate of drug-likeness (QED) is 0.866. The summed E-state index contributed by atoms with van der Waals surface area (Å²) in [4.78, 5) is 2.57. The number of likely N-dealkylation sites (tertiary alicyclic amines) is 1. The zero-order valence-corrected chi connectivity index (χ0v) is 15.4. The smallest absolute Gasteiger partial charge is 0.0481 e. The maximum Gasteiger partial charge on any atom is 0.0481 e. The Bertz CT molecular complexity index is 471. The van der Waals surface area contributed by atoms with Gasteiger partial charge in [0, 0.05) is 17.1 Å². The fraction of sp³-hybridized carbons (Fsp3) is 0.667. The molecule has 1 atom stereocenters. The Hall–Kier alpha value is -0.380. The highest BCUT2D eigenvalue weighted by Crippen LogP contribution is 2.37. The minimum Gasteiger partial charge on any atom is -0.329 e. The van der Waals surface area contributed by atoms with E-state index in [4.69, 9.17) is 5.73 Å². The van der Waals surface area contributed by atoms with Gasteiger partial charge in [0.05, 0.1) is 0 Å². The topological polar surface area (TPSA) is 29.3 Å². The molecule has 0 bridgehead atoms. The highest BCUT2D eigenvalue weighted by atomic mass is 79.9. The first-order valence-electron chi connectivity index (χ1n) is 8.03. The maximum atomic E-state index is 6.10. The molecule has 1 aliphatic rings. The molecule has 0 amide bonds. The number of piperidine rings is 1. The Morgan fingerprint density at radius 1 is 1.29 bits per heavy atom. The van der Waals surface area contributed by atoms with Crippen LogP contribution < -0.4 is 5.73 Å². The van der Waals surface area contributed by atoms with E-state index in [1.807, 2.05) is 0 Å². The second kappa shape index (κ2) is 6.80. The van der Waals surface area contributed by atoms with Gasteiger partial charge in [0.15, 0.2) is 0 Å². The molecule has 1 unspecified atom stereocenters. The van der Waals surface area contributed by atoms with Crippen molar-refractivity contribution in [2.24, 2.45) is 17.1 Å². The van der Waals surface area contributed by atoms with E-state index in [1.165, 1.54) is 28.4 Å². The summed E-state index contributed by atoms with van der Waals surface area (Å²) in [6, 6.07) is 6.94. The molecule has 118 valence electrons. The van der Waals surface area contributed by atoms with Gasteiger partial charge < -0.3 is 5.73 Å². The zero-order chi connectivity index (χ0) is 15.6. The predicted octanol–water partition coefficient (Wildman–Crippen LogP) is 4.52. The van der Waals surface area contributed by atoms with Gasteiger partial charge in [-0.2, -0.15) is 0 Å². The minimum absolute atomic E-state index is 0.334. The van der Waals surface area contributed by atoms with Gasteiger partial charge in [-0.1, -0.05) is 48.8 Å². The van der Waals surface area contributed by atoms with Crippen LogP contribution in [0.25, 0.3) is 0 Å². The lowest BCUT2D eigenvalue weighted by Crippen LogP contribution is -2.42. The highest BCUT2D eigenvalue weighted by Gasteiger charge is 2.31. The van der Waals surface area contributed by atoms with E-state index >= 15 is 0 Å². The Morgan fingerprint density at radius 3 is 2.38 bits per heavy atom. The number of hydrogen-bond donors (Lipinski definition) is 1. The largest absolute Gasteiger partial charge is 0.329 e. The van der Waals surface area contributed by atoms with Gasteiger partial charge in [0.25, 0.3) is 0 Å². The van der Waals surface area contributed by atoms with Crippen molar-refractivity contribution in [1.82, 2.24) is 4.90 Å². The summed E-state index contributed by atoms with van der Waals surface area (Å²) in [7, 11) is 0. The molecule has 1 aromatic rings. The molecule has 1 heterocycles. The second-order valence-corrected chi connectivity index (χ2v) is 8.31. The van der Waals surface area contributed by atoms with Crippen molar-refractivity contribution >= 4 is 15.9 Å². The van der Waals surface area contributed by atoms with Crippen LogP contribution in [0.2, 0.25) is 0 Å². The van der Waals surface area contributed by atoms with Crippen molar-refractivity contribution in [3.05, 3.63) is 33.8 Å². The first kappa shape index (κ1) is 17.0. The summed E-state index contributed by atoms with van der Waals surface area (Å²) in [6.45, 7) is 12.2. The highest BCUT2D eigenvalue weighted by molar-refractivity contribution is 9.10. The van der Waals surface area contributed by atoms with Crippen molar-refractivity contribution in [2.45, 2.75) is 46.6 Å². The van der Waals surface area contributed by atoms with Crippen molar-refractivity contribution in [3.63, 3.8) is 0 Å². The molecule has 1 fully saturated rings. The standard InChI is InChI=1S/C18H29BrN2/c1-13-5-6-15(16(19)11-13)17(12-20)21-9-7-14(8-10-21)18(2,3)4/h5-6,11,14,17H,7-10,12,20H2,1-4H3. The van der Waals surface area contributed by atoms with Crippen LogP contribution in [0.5, 0.6) is 0 Å². The molecule has 0 aliphatic carbocycles. The van der Waals surface area contributed by atoms with Gasteiger partial charge in [-0.05, 0) is 61.4 Å². The first-order chi connectivity index (χ1) is 9.82. The number of aryl methyl sites for hydroxylation is 1. The van der Waals surface area contributed by atoms with E-state index in [2.05, 4.69) is 66.7 Å². The van der Waals surface area contributed by atoms with Crippen molar-refractivity contribution in [2.75, 3.05) is 19.6 Å². The molecule has 0 aromatic heterocycles. The van der Waals surface area contributed by atoms with Gasteiger partial charge in [0.1, 0.15) is 0 Å². The summed E-state index contributed by atoms with van der Waals surface area (Å²) in [5.41, 5.74) is 9.14. The summed E-state index contributed by atoms with van der Waals surface area (Å²) >= 11 is 3.72. The monoisotopic (exact) mass is 352 g/mol. The molecular formula is C18H29BrN2. The molecule has 1 aliphatic heterocycles. The maximum absolute atomic E-state index is 6.10. The third kappa shape index (κ3) is 4.08. The molecule has 2 nitrogen and oxygen atoms in total. The van der Waals surface area contributed by atoms with Crippen LogP contribution >= 0.6 is 15.9 Å². The van der Waals surface area contributed by atoms with Crippen LogP contribution in [0, 0.1) is 18.3 Å². The first-order valence-corrected chi connectivity index (χ1v) is 8.82. The molecule has 3 heteroatoms. The molecule has 2 N–H and O–H groups in total. The molecule has 21 heavy (non-hydrogen) atoms. The minimum atomic E-state index is 0.334. The lowest BCUT2D eigenvalue weighted by atomic mass is 9.75. The summed E-state index contributed by atoms with van der Waals surface area (Å²) < 4.78 is 1.19. The Kier molecular flexibility index (Phi) is 5.50. The number of rotatable bonds is 3. The summed E-state index contributed by atoms with van der Waals surface area (Å²) in [5, 5.41) is 0. The van der Waals surface area contributed by atoms with Crippen LogP contribution in [-0.4, -0.2) is 24.5 Å². The molecule has 1 aromatic carbocycles. The van der Waals surface area contributed by atoms with E-state index in [9.17, 15) is 0 Å². The van der Waals surface area contributed by atoms with E-state index in [0.29, 0.717) is 18.0 Å². The van der Waals surface area contributed by atoms with Crippen molar-refractivity contribution in [1.29, 1.82) is 0 Å². The van der Waals surface area contributed by atoms with Crippen LogP contribution in [0.1, 0.15) is 50.8 Å². The normalized spacial score (nSPS) is 19.7. The lowest BCUT2D eigenvalue weighted by Gasteiger charge is -2.42. The van der Waals surface area contributed by atoms with Gasteiger partial charge in [-0.3, -0.25) is 4.90 Å². The van der Waals surface area contributed by atoms with Crippen molar-refractivity contribution in [3.8, 4) is 0 Å². The molecular weight excluding hydrogens is 324 g/mol. The summed E-state index contributed by atoms with van der Waals surface area (Å²) in [6.07, 6.45) is 2.56. The van der Waals surface area contributed by atoms with E-state index in [0.717, 1.165) is 19.0 Å². The predicted molar refractivity (Wildman–Crippen MR) is 94.4 cm³/mol. The average Bonchev–Trinajstić information content (AvgIpc) is 2.41. The fourth-order valence-corrected chi connectivity index (χ4v) is 4.21. The number of hydrogen-bond acceptors (Lipinski definition) is 2. The summed E-state index contributed by atoms with van der Waals surface area (Å²) in [5.74, 6) is 0.827. The van der Waals surface area contributed by atoms with Crippen LogP contribution in [0.4, 0.5) is 0 Å².